The van der Waals surface area contributed by atoms with Crippen molar-refractivity contribution in [1.29, 1.82) is 0 Å². The molecule has 0 amide bonds. The maximum atomic E-state index is 6.25. The number of anilines is 2. The molecule has 0 unspecified atom stereocenters. The summed E-state index contributed by atoms with van der Waals surface area (Å²) < 4.78 is 0. The first-order chi connectivity index (χ1) is 7.66. The number of aromatic amines is 1. The Hall–Kier alpha value is -1.77. The van der Waals surface area contributed by atoms with Crippen molar-refractivity contribution < 1.29 is 4.98 Å². The van der Waals surface area contributed by atoms with Crippen molar-refractivity contribution in [3.63, 3.8) is 0 Å². The fraction of sp³-hybridized carbons (Fsp3) is 0.308. The highest BCUT2D eigenvalue weighted by molar-refractivity contribution is 5.92. The first-order valence-electron chi connectivity index (χ1n) is 5.62. The number of rotatable bonds is 0. The van der Waals surface area contributed by atoms with Gasteiger partial charge in [0, 0.05) is 11.8 Å². The second-order valence-corrected chi connectivity index (χ2v) is 4.59. The first-order valence-corrected chi connectivity index (χ1v) is 5.62. The third-order valence-electron chi connectivity index (χ3n) is 3.41. The second-order valence-electron chi connectivity index (χ2n) is 4.59. The molecule has 3 nitrogen and oxygen atoms in total. The predicted octanol–water partition coefficient (Wildman–Crippen LogP) is 1.54. The summed E-state index contributed by atoms with van der Waals surface area (Å²) in [4.78, 5) is 5.70. The zero-order valence-electron chi connectivity index (χ0n) is 9.67. The topological polar surface area (TPSA) is 43.4 Å². The third-order valence-corrected chi connectivity index (χ3v) is 3.41. The Morgan fingerprint density at radius 2 is 2.19 bits per heavy atom. The molecule has 3 rings (SSSR count). The average molecular weight is 214 g/mol. The molecule has 1 aromatic heterocycles. The van der Waals surface area contributed by atoms with E-state index in [1.807, 2.05) is 0 Å². The predicted molar refractivity (Wildman–Crippen MR) is 66.6 cm³/mol. The van der Waals surface area contributed by atoms with Gasteiger partial charge in [-0.25, -0.2) is 4.98 Å². The lowest BCUT2D eigenvalue weighted by molar-refractivity contribution is -0.329. The number of pyridine rings is 1. The number of likely N-dealkylation sites (N-methyl/N-ethyl adjacent to an activating group) is 1. The van der Waals surface area contributed by atoms with Crippen molar-refractivity contribution in [2.45, 2.75) is 13.3 Å². The Labute approximate surface area is 94.9 Å². The van der Waals surface area contributed by atoms with Crippen molar-refractivity contribution in [3.05, 3.63) is 29.3 Å². The molecule has 0 saturated heterocycles. The molecule has 0 aliphatic carbocycles. The van der Waals surface area contributed by atoms with E-state index in [1.54, 1.807) is 0 Å². The van der Waals surface area contributed by atoms with E-state index in [0.29, 0.717) is 0 Å². The third kappa shape index (κ3) is 1.18. The summed E-state index contributed by atoms with van der Waals surface area (Å²) in [5.74, 6) is 1.17. The Morgan fingerprint density at radius 1 is 1.38 bits per heavy atom. The highest BCUT2D eigenvalue weighted by Crippen LogP contribution is 2.32. The number of nitrogen functional groups attached to an aromatic ring is 1. The van der Waals surface area contributed by atoms with Crippen LogP contribution in [0.3, 0.4) is 0 Å². The van der Waals surface area contributed by atoms with Crippen LogP contribution in [-0.2, 0) is 6.42 Å². The Balaban J connectivity index is 2.39. The van der Waals surface area contributed by atoms with Crippen molar-refractivity contribution in [3.8, 4) is 0 Å². The molecule has 0 spiro atoms. The molecular formula is C13H16N3+. The second kappa shape index (κ2) is 3.11. The molecule has 82 valence electrons. The zero-order chi connectivity index (χ0) is 11.3. The van der Waals surface area contributed by atoms with E-state index in [0.717, 1.165) is 29.6 Å². The highest BCUT2D eigenvalue weighted by atomic mass is 15.2. The summed E-state index contributed by atoms with van der Waals surface area (Å²) in [5, 5.41) is 1.15. The van der Waals surface area contributed by atoms with Crippen molar-refractivity contribution in [2.75, 3.05) is 24.2 Å². The number of hydrogen-bond donors (Lipinski definition) is 1. The van der Waals surface area contributed by atoms with Crippen molar-refractivity contribution in [2.24, 2.45) is 0 Å². The molecule has 2 aromatic rings. The Bertz CT molecular complexity index is 575. The lowest BCUT2D eigenvalue weighted by Gasteiger charge is -2.07. The van der Waals surface area contributed by atoms with Gasteiger partial charge in [-0.1, -0.05) is 11.6 Å². The molecule has 0 saturated carbocycles. The number of nitrogens with two attached hydrogens (primary N) is 1. The van der Waals surface area contributed by atoms with Gasteiger partial charge in [-0.15, -0.1) is 0 Å². The van der Waals surface area contributed by atoms with Crippen LogP contribution in [0.2, 0.25) is 0 Å². The molecule has 1 aliphatic heterocycles. The number of hydrogen-bond acceptors (Lipinski definition) is 2. The van der Waals surface area contributed by atoms with E-state index < -0.39 is 0 Å². The summed E-state index contributed by atoms with van der Waals surface area (Å²) >= 11 is 0. The average Bonchev–Trinajstić information content (AvgIpc) is 2.63. The number of nitrogens with zero attached hydrogens (tertiary/aromatic N) is 1. The quantitative estimate of drug-likeness (QED) is 0.723. The molecule has 1 aromatic carbocycles. The van der Waals surface area contributed by atoms with Crippen molar-refractivity contribution >= 4 is 22.4 Å². The van der Waals surface area contributed by atoms with Crippen LogP contribution in [0.5, 0.6) is 0 Å². The van der Waals surface area contributed by atoms with Gasteiger partial charge in [0.15, 0.2) is 0 Å². The van der Waals surface area contributed by atoms with Crippen LogP contribution in [-0.4, -0.2) is 13.6 Å². The monoisotopic (exact) mass is 214 g/mol. The van der Waals surface area contributed by atoms with E-state index >= 15 is 0 Å². The summed E-state index contributed by atoms with van der Waals surface area (Å²) in [6.45, 7) is 3.14. The van der Waals surface area contributed by atoms with E-state index in [9.17, 15) is 0 Å². The molecule has 16 heavy (non-hydrogen) atoms. The molecular weight excluding hydrogens is 198 g/mol. The summed E-state index contributed by atoms with van der Waals surface area (Å²) in [7, 11) is 2.10. The maximum absolute atomic E-state index is 6.25. The lowest BCUT2D eigenvalue weighted by atomic mass is 10.1. The first kappa shape index (κ1) is 9.46. The van der Waals surface area contributed by atoms with Crippen LogP contribution in [0, 0.1) is 6.92 Å². The molecule has 0 atom stereocenters. The lowest BCUT2D eigenvalue weighted by Crippen LogP contribution is -2.21. The number of benzene rings is 1. The molecule has 0 fully saturated rings. The van der Waals surface area contributed by atoms with E-state index in [-0.39, 0.29) is 0 Å². The van der Waals surface area contributed by atoms with Crippen LogP contribution in [0.15, 0.2) is 18.2 Å². The maximum Gasteiger partial charge on any atom is 0.280 e. The fourth-order valence-electron chi connectivity index (χ4n) is 2.45. The van der Waals surface area contributed by atoms with Crippen LogP contribution >= 0.6 is 0 Å². The molecule has 3 heteroatoms. The summed E-state index contributed by atoms with van der Waals surface area (Å²) in [6, 6.07) is 6.37. The minimum atomic E-state index is 0.941. The van der Waals surface area contributed by atoms with Crippen LogP contribution in [0.4, 0.5) is 11.5 Å². The van der Waals surface area contributed by atoms with E-state index in [2.05, 4.69) is 42.1 Å². The molecule has 0 radical (unpaired) electrons. The molecule has 1 aliphatic rings. The fourth-order valence-corrected chi connectivity index (χ4v) is 2.45. The van der Waals surface area contributed by atoms with Gasteiger partial charge in [-0.2, -0.15) is 0 Å². The number of aromatic nitrogens is 1. The SMILES string of the molecule is Cc1ccc2[nH+]c3c(c(N)c2c1)CCN3C. The molecule has 2 heterocycles. The number of nitrogens with one attached hydrogen (secondary N) is 1. The van der Waals surface area contributed by atoms with Gasteiger partial charge < -0.3 is 5.73 Å². The van der Waals surface area contributed by atoms with Gasteiger partial charge in [0.2, 0.25) is 0 Å². The smallest absolute Gasteiger partial charge is 0.280 e. The van der Waals surface area contributed by atoms with Gasteiger partial charge in [-0.05, 0) is 19.1 Å². The van der Waals surface area contributed by atoms with Gasteiger partial charge in [-0.3, -0.25) is 4.90 Å². The standard InChI is InChI=1S/C13H15N3/c1-8-3-4-11-10(7-8)12(14)9-5-6-16(2)13(9)15-11/h3-4,7H,5-6H2,1-2H3,(H2,14,15)/p+1. The van der Waals surface area contributed by atoms with E-state index in [4.69, 9.17) is 5.73 Å². The van der Waals surface area contributed by atoms with Gasteiger partial charge in [0.25, 0.3) is 5.82 Å². The number of H-pyrrole nitrogens is 1. The van der Waals surface area contributed by atoms with Gasteiger partial charge >= 0.3 is 0 Å². The normalized spacial score (nSPS) is 14.5. The van der Waals surface area contributed by atoms with Gasteiger partial charge in [0.05, 0.1) is 24.8 Å². The molecule has 3 N–H and O–H groups in total. The van der Waals surface area contributed by atoms with Crippen LogP contribution in [0.25, 0.3) is 10.9 Å². The van der Waals surface area contributed by atoms with Crippen LogP contribution in [0.1, 0.15) is 11.1 Å². The summed E-state index contributed by atoms with van der Waals surface area (Å²) in [5.41, 5.74) is 10.8. The zero-order valence-corrected chi connectivity index (χ0v) is 9.67. The minimum absolute atomic E-state index is 0.941. The molecule has 0 bridgehead atoms. The highest BCUT2D eigenvalue weighted by Gasteiger charge is 2.27. The van der Waals surface area contributed by atoms with Crippen LogP contribution < -0.4 is 15.6 Å². The Morgan fingerprint density at radius 3 is 3.00 bits per heavy atom. The largest absolute Gasteiger partial charge is 0.398 e. The van der Waals surface area contributed by atoms with E-state index in [1.165, 1.54) is 16.9 Å². The number of aryl methyl sites for hydroxylation is 1. The van der Waals surface area contributed by atoms with Gasteiger partial charge in [0.1, 0.15) is 5.52 Å². The van der Waals surface area contributed by atoms with Crippen molar-refractivity contribution in [1.82, 2.24) is 0 Å². The Kier molecular flexibility index (Phi) is 1.84. The number of fused-ring (bicyclic) bond motifs is 2. The minimum Gasteiger partial charge on any atom is -0.398 e. The summed E-state index contributed by atoms with van der Waals surface area (Å²) in [6.07, 6.45) is 1.04.